The number of benzene rings is 2. The van der Waals surface area contributed by atoms with E-state index in [4.69, 9.17) is 18.9 Å². The number of fused-ring (bicyclic) bond motifs is 4. The minimum absolute atomic E-state index is 0.107. The van der Waals surface area contributed by atoms with Gasteiger partial charge in [-0.15, -0.1) is 6.58 Å². The van der Waals surface area contributed by atoms with Crippen LogP contribution in [-0.2, 0) is 9.59 Å². The molecule has 0 spiro atoms. The molecule has 7 rings (SSSR count). The SMILES string of the molecule is C=CCCC1=C(C)N2C(=O)c3cc(OC)c(OC4CCC(Oc5cc6c(cc5OC)C(=O)N5C(C)=C(I)C[C@H]5[C@H](O)N6C(=O)CC)C4)cc3N(C(=O)CC)[C@@H](O)C2C1. The summed E-state index contributed by atoms with van der Waals surface area (Å²) in [6.07, 6.45) is 2.65. The maximum atomic E-state index is 14.3. The Morgan fingerprint density at radius 3 is 1.69 bits per heavy atom. The predicted molar refractivity (Wildman–Crippen MR) is 224 cm³/mol. The molecule has 0 bridgehead atoms. The summed E-state index contributed by atoms with van der Waals surface area (Å²) in [5, 5.41) is 23.4. The first-order valence-corrected chi connectivity index (χ1v) is 21.0. The standard InChI is InChI=1S/C43H51IN4O10/c1-8-11-12-24-15-32-42(53)47(38(49)9-2)30-20-36(34(55-6)17-27(30)40(51)45(32)22(24)4)57-25-13-14-26(16-25)58-37-21-31-28(18-35(37)56-7)41(52)46-23(5)29(44)19-33(46)43(54)48(31)39(50)10-3/h8,17-18,20-21,25-26,32-33,42-43,53-54H,1,9-16,19H2,2-7H3/t25?,26?,32?,33-,42-,43-/m0/s1. The fourth-order valence-corrected chi connectivity index (χ4v) is 9.68. The van der Waals surface area contributed by atoms with Crippen LogP contribution in [-0.4, -0.2) is 94.6 Å². The van der Waals surface area contributed by atoms with Gasteiger partial charge >= 0.3 is 0 Å². The van der Waals surface area contributed by atoms with Crippen LogP contribution in [0.25, 0.3) is 0 Å². The first-order valence-electron chi connectivity index (χ1n) is 19.9. The third kappa shape index (κ3) is 7.01. The van der Waals surface area contributed by atoms with Gasteiger partial charge in [-0.3, -0.25) is 29.0 Å². The van der Waals surface area contributed by atoms with E-state index in [1.807, 2.05) is 19.9 Å². The van der Waals surface area contributed by atoms with E-state index in [9.17, 15) is 29.4 Å². The molecule has 14 nitrogen and oxygen atoms in total. The van der Waals surface area contributed by atoms with Gasteiger partial charge in [0.25, 0.3) is 11.8 Å². The second-order valence-electron chi connectivity index (χ2n) is 15.3. The third-order valence-corrected chi connectivity index (χ3v) is 13.3. The molecule has 5 aliphatic rings. The molecule has 0 saturated heterocycles. The van der Waals surface area contributed by atoms with Crippen LogP contribution in [0.1, 0.15) is 106 Å². The van der Waals surface area contributed by atoms with Crippen LogP contribution in [0.15, 0.2) is 57.5 Å². The third-order valence-electron chi connectivity index (χ3n) is 12.0. The lowest BCUT2D eigenvalue weighted by Crippen LogP contribution is -2.50. The summed E-state index contributed by atoms with van der Waals surface area (Å²) in [5.74, 6) is -0.113. The van der Waals surface area contributed by atoms with Gasteiger partial charge in [0.05, 0.1) is 48.8 Å². The average molecular weight is 911 g/mol. The minimum atomic E-state index is -1.30. The number of anilines is 2. The summed E-state index contributed by atoms with van der Waals surface area (Å²) < 4.78 is 25.5. The van der Waals surface area contributed by atoms with Crippen molar-refractivity contribution in [1.82, 2.24) is 9.80 Å². The van der Waals surface area contributed by atoms with Gasteiger partial charge in [0, 0.05) is 52.8 Å². The number of aliphatic hydroxyl groups excluding tert-OH is 2. The number of ether oxygens (including phenoxy) is 4. The van der Waals surface area contributed by atoms with Crippen molar-refractivity contribution in [3.8, 4) is 23.0 Å². The van der Waals surface area contributed by atoms with Crippen molar-refractivity contribution in [3.63, 3.8) is 0 Å². The van der Waals surface area contributed by atoms with E-state index in [2.05, 4.69) is 29.2 Å². The smallest absolute Gasteiger partial charge is 0.260 e. The zero-order valence-corrected chi connectivity index (χ0v) is 35.9. The number of nitrogens with zero attached hydrogens (tertiary/aromatic N) is 4. The van der Waals surface area contributed by atoms with Crippen molar-refractivity contribution < 1.29 is 48.3 Å². The Morgan fingerprint density at radius 2 is 1.24 bits per heavy atom. The number of carbonyl (C=O) groups excluding carboxylic acids is 4. The van der Waals surface area contributed by atoms with Crippen molar-refractivity contribution in [1.29, 1.82) is 0 Å². The number of hydrogen-bond donors (Lipinski definition) is 2. The molecule has 2 aromatic carbocycles. The molecule has 15 heteroatoms. The molecule has 2 aromatic rings. The molecular weight excluding hydrogens is 859 g/mol. The molecule has 58 heavy (non-hydrogen) atoms. The lowest BCUT2D eigenvalue weighted by atomic mass is 10.0. The molecule has 4 aliphatic heterocycles. The lowest BCUT2D eigenvalue weighted by Gasteiger charge is -2.33. The summed E-state index contributed by atoms with van der Waals surface area (Å²) >= 11 is 2.18. The molecule has 4 amide bonds. The molecule has 6 atom stereocenters. The van der Waals surface area contributed by atoms with Gasteiger partial charge < -0.3 is 39.0 Å². The first kappa shape index (κ1) is 41.5. The molecule has 310 valence electrons. The van der Waals surface area contributed by atoms with E-state index in [1.54, 1.807) is 47.9 Å². The van der Waals surface area contributed by atoms with Gasteiger partial charge in [-0.1, -0.05) is 19.9 Å². The van der Waals surface area contributed by atoms with Crippen LogP contribution < -0.4 is 28.7 Å². The first-order chi connectivity index (χ1) is 27.8. The quantitative estimate of drug-likeness (QED) is 0.187. The van der Waals surface area contributed by atoms with Gasteiger partial charge in [-0.05, 0) is 86.2 Å². The minimum Gasteiger partial charge on any atom is -0.493 e. The van der Waals surface area contributed by atoms with Gasteiger partial charge in [-0.2, -0.15) is 0 Å². The van der Waals surface area contributed by atoms with Gasteiger partial charge in [0.1, 0.15) is 12.2 Å². The number of hydrogen-bond acceptors (Lipinski definition) is 10. The van der Waals surface area contributed by atoms with Gasteiger partial charge in [0.15, 0.2) is 35.5 Å². The Bertz CT molecular complexity index is 2120. The molecule has 2 N–H and O–H groups in total. The van der Waals surface area contributed by atoms with Gasteiger partial charge in [-0.25, -0.2) is 0 Å². The maximum absolute atomic E-state index is 14.3. The van der Waals surface area contributed by atoms with E-state index in [1.165, 1.54) is 24.0 Å². The van der Waals surface area contributed by atoms with Crippen LogP contribution in [0.5, 0.6) is 23.0 Å². The largest absolute Gasteiger partial charge is 0.493 e. The lowest BCUT2D eigenvalue weighted by molar-refractivity contribution is -0.121. The highest BCUT2D eigenvalue weighted by atomic mass is 127. The van der Waals surface area contributed by atoms with Crippen molar-refractivity contribution in [2.75, 3.05) is 24.0 Å². The summed E-state index contributed by atoms with van der Waals surface area (Å²) in [7, 11) is 2.97. The number of methoxy groups -OCH3 is 2. The highest BCUT2D eigenvalue weighted by Gasteiger charge is 2.48. The normalized spacial score (nSPS) is 25.3. The summed E-state index contributed by atoms with van der Waals surface area (Å²) in [6.45, 7) is 11.0. The Morgan fingerprint density at radius 1 is 0.776 bits per heavy atom. The molecule has 1 fully saturated rings. The maximum Gasteiger partial charge on any atom is 0.260 e. The van der Waals surface area contributed by atoms with Crippen LogP contribution in [0.3, 0.4) is 0 Å². The molecule has 0 radical (unpaired) electrons. The van der Waals surface area contributed by atoms with Crippen molar-refractivity contribution in [2.45, 2.75) is 122 Å². The zero-order chi connectivity index (χ0) is 41.7. The number of amides is 4. The fourth-order valence-electron chi connectivity index (χ4n) is 8.97. The van der Waals surface area contributed by atoms with E-state index in [0.29, 0.717) is 61.5 Å². The second-order valence-corrected chi connectivity index (χ2v) is 16.6. The second kappa shape index (κ2) is 16.6. The summed E-state index contributed by atoms with van der Waals surface area (Å²) in [6, 6.07) is 5.07. The monoisotopic (exact) mass is 910 g/mol. The number of rotatable bonds is 11. The van der Waals surface area contributed by atoms with Crippen LogP contribution in [0, 0.1) is 0 Å². The van der Waals surface area contributed by atoms with E-state index in [-0.39, 0.29) is 71.2 Å². The van der Waals surface area contributed by atoms with Crippen LogP contribution in [0.2, 0.25) is 0 Å². The van der Waals surface area contributed by atoms with Crippen molar-refractivity contribution in [3.05, 3.63) is 68.6 Å². The Labute approximate surface area is 352 Å². The fraction of sp³-hybridized carbons (Fsp3) is 0.488. The van der Waals surface area contributed by atoms with E-state index in [0.717, 1.165) is 27.0 Å². The summed E-state index contributed by atoms with van der Waals surface area (Å²) in [4.78, 5) is 61.1. The van der Waals surface area contributed by atoms with Crippen LogP contribution in [0.4, 0.5) is 11.4 Å². The summed E-state index contributed by atoms with van der Waals surface area (Å²) in [5.41, 5.74) is 3.49. The number of allylic oxidation sites excluding steroid dienone is 3. The van der Waals surface area contributed by atoms with Gasteiger partial charge in [0.2, 0.25) is 11.8 Å². The molecule has 3 unspecified atom stereocenters. The molecule has 0 aromatic heterocycles. The van der Waals surface area contributed by atoms with E-state index < -0.39 is 24.5 Å². The Kier molecular flexibility index (Phi) is 11.9. The Hall–Kier alpha value is -4.61. The zero-order valence-electron chi connectivity index (χ0n) is 33.7. The van der Waals surface area contributed by atoms with Crippen molar-refractivity contribution >= 4 is 57.6 Å². The molecule has 1 aliphatic carbocycles. The number of carbonyl (C=O) groups is 4. The van der Waals surface area contributed by atoms with E-state index >= 15 is 0 Å². The van der Waals surface area contributed by atoms with Crippen LogP contribution >= 0.6 is 22.6 Å². The van der Waals surface area contributed by atoms with Crippen molar-refractivity contribution in [2.24, 2.45) is 0 Å². The highest BCUT2D eigenvalue weighted by Crippen LogP contribution is 2.47. The molecular formula is C43H51IN4O10. The number of aliphatic hydroxyl groups is 2. The molecule has 4 heterocycles. The number of halogens is 1. The average Bonchev–Trinajstić information content (AvgIpc) is 3.86. The molecule has 1 saturated carbocycles. The predicted octanol–water partition coefficient (Wildman–Crippen LogP) is 6.57. The topological polar surface area (TPSA) is 159 Å². The Balaban J connectivity index is 1.17. The highest BCUT2D eigenvalue weighted by molar-refractivity contribution is 14.1.